The molecular weight excluding hydrogens is 396 g/mol. The molecule has 7 nitrogen and oxygen atoms in total. The smallest absolute Gasteiger partial charge is 0.265 e. The third-order valence-electron chi connectivity index (χ3n) is 4.35. The summed E-state index contributed by atoms with van der Waals surface area (Å²) in [6.45, 7) is 3.05. The highest BCUT2D eigenvalue weighted by Gasteiger charge is 2.27. The Labute approximate surface area is 173 Å². The van der Waals surface area contributed by atoms with E-state index in [9.17, 15) is 4.79 Å². The second-order valence-corrected chi connectivity index (χ2v) is 7.05. The molecule has 9 heteroatoms. The molecule has 0 saturated carbocycles. The molecule has 1 aromatic carbocycles. The van der Waals surface area contributed by atoms with Crippen LogP contribution in [-0.4, -0.2) is 43.9 Å². The van der Waals surface area contributed by atoms with Gasteiger partial charge in [-0.05, 0) is 49.8 Å². The molecule has 0 atom stereocenters. The molecule has 1 fully saturated rings. The van der Waals surface area contributed by atoms with Gasteiger partial charge in [0, 0.05) is 37.5 Å². The van der Waals surface area contributed by atoms with E-state index in [2.05, 4.69) is 16.5 Å². The fraction of sp³-hybridized carbons (Fsp3) is 0.263. The van der Waals surface area contributed by atoms with E-state index in [0.717, 1.165) is 17.7 Å². The van der Waals surface area contributed by atoms with Crippen molar-refractivity contribution in [3.63, 3.8) is 0 Å². The molecule has 2 aromatic rings. The summed E-state index contributed by atoms with van der Waals surface area (Å²) in [5.41, 5.74) is 2.71. The molecule has 28 heavy (non-hydrogen) atoms. The molecule has 0 unspecified atom stereocenters. The Hall–Kier alpha value is -2.89. The van der Waals surface area contributed by atoms with Crippen molar-refractivity contribution in [2.24, 2.45) is 7.05 Å². The van der Waals surface area contributed by atoms with Gasteiger partial charge in [0.1, 0.15) is 5.15 Å². The van der Waals surface area contributed by atoms with Gasteiger partial charge in [-0.1, -0.05) is 17.7 Å². The zero-order valence-corrected chi connectivity index (χ0v) is 17.1. The second-order valence-electron chi connectivity index (χ2n) is 6.31. The fourth-order valence-corrected chi connectivity index (χ4v) is 3.53. The minimum Gasteiger partial charge on any atom is -0.331 e. The van der Waals surface area contributed by atoms with Crippen molar-refractivity contribution in [2.75, 3.05) is 18.4 Å². The van der Waals surface area contributed by atoms with Gasteiger partial charge in [0.25, 0.3) is 5.91 Å². The molecule has 1 aliphatic rings. The number of benzene rings is 1. The quantitative estimate of drug-likeness (QED) is 0.614. The predicted molar refractivity (Wildman–Crippen MR) is 112 cm³/mol. The standard InChI is InChI=1S/C19H19ClN6OS/c1-13-16(18(20)24(2)23-13)7-8-17(27)25-9-4-10-26(25)19(28)22-15-6-3-5-14(11-15)12-21/h3,5-8,11H,4,9-10H2,1-2H3,(H,22,28). The van der Waals surface area contributed by atoms with Crippen LogP contribution in [0.5, 0.6) is 0 Å². The summed E-state index contributed by atoms with van der Waals surface area (Å²) in [5.74, 6) is -0.188. The first-order valence-electron chi connectivity index (χ1n) is 8.68. The Morgan fingerprint density at radius 1 is 1.39 bits per heavy atom. The second kappa shape index (κ2) is 8.42. The third-order valence-corrected chi connectivity index (χ3v) is 5.11. The van der Waals surface area contributed by atoms with Crippen molar-refractivity contribution in [1.29, 1.82) is 5.26 Å². The van der Waals surface area contributed by atoms with Crippen molar-refractivity contribution < 1.29 is 4.79 Å². The fourth-order valence-electron chi connectivity index (χ4n) is 2.98. The van der Waals surface area contributed by atoms with Crippen LogP contribution in [0.25, 0.3) is 6.08 Å². The SMILES string of the molecule is Cc1nn(C)c(Cl)c1C=CC(=O)N1CCCN1C(=S)Nc1cccc(C#N)c1. The van der Waals surface area contributed by atoms with Gasteiger partial charge in [0.15, 0.2) is 5.11 Å². The van der Waals surface area contributed by atoms with Gasteiger partial charge >= 0.3 is 0 Å². The highest BCUT2D eigenvalue weighted by atomic mass is 35.5. The molecule has 0 spiro atoms. The summed E-state index contributed by atoms with van der Waals surface area (Å²) in [4.78, 5) is 12.7. The third kappa shape index (κ3) is 4.16. The van der Waals surface area contributed by atoms with Gasteiger partial charge in [0.2, 0.25) is 0 Å². The number of aromatic nitrogens is 2. The number of halogens is 1. The molecule has 0 bridgehead atoms. The van der Waals surface area contributed by atoms with Gasteiger partial charge in [0.05, 0.1) is 17.3 Å². The summed E-state index contributed by atoms with van der Waals surface area (Å²) in [6, 6.07) is 9.12. The number of hydrazine groups is 1. The zero-order valence-electron chi connectivity index (χ0n) is 15.5. The number of nitrogens with zero attached hydrogens (tertiary/aromatic N) is 5. The van der Waals surface area contributed by atoms with Crippen LogP contribution in [0.2, 0.25) is 5.15 Å². The summed E-state index contributed by atoms with van der Waals surface area (Å²) >= 11 is 11.7. The Morgan fingerprint density at radius 3 is 2.82 bits per heavy atom. The highest BCUT2D eigenvalue weighted by molar-refractivity contribution is 7.80. The van der Waals surface area contributed by atoms with E-state index < -0.39 is 0 Å². The Bertz CT molecular complexity index is 993. The number of rotatable bonds is 3. The summed E-state index contributed by atoms with van der Waals surface area (Å²) < 4.78 is 1.57. The van der Waals surface area contributed by atoms with Crippen LogP contribution in [0.1, 0.15) is 23.2 Å². The van der Waals surface area contributed by atoms with Crippen LogP contribution in [-0.2, 0) is 11.8 Å². The number of aryl methyl sites for hydroxylation is 2. The number of anilines is 1. The molecule has 0 radical (unpaired) electrons. The van der Waals surface area contributed by atoms with Gasteiger partial charge in [-0.25, -0.2) is 5.01 Å². The molecule has 2 heterocycles. The molecular formula is C19H19ClN6OS. The number of thiocarbonyl (C=S) groups is 1. The monoisotopic (exact) mass is 414 g/mol. The minimum absolute atomic E-state index is 0.188. The normalized spacial score (nSPS) is 13.8. The number of hydrogen-bond acceptors (Lipinski definition) is 4. The maximum Gasteiger partial charge on any atom is 0.265 e. The summed E-state index contributed by atoms with van der Waals surface area (Å²) in [5, 5.41) is 20.6. The van der Waals surface area contributed by atoms with Crippen LogP contribution >= 0.6 is 23.8 Å². The molecule has 144 valence electrons. The lowest BCUT2D eigenvalue weighted by Gasteiger charge is -2.29. The minimum atomic E-state index is -0.188. The van der Waals surface area contributed by atoms with Crippen molar-refractivity contribution in [1.82, 2.24) is 19.8 Å². The average molecular weight is 415 g/mol. The van der Waals surface area contributed by atoms with E-state index in [1.54, 1.807) is 46.0 Å². The molecule has 1 amide bonds. The number of nitrogens with one attached hydrogen (secondary N) is 1. The van der Waals surface area contributed by atoms with E-state index in [-0.39, 0.29) is 5.91 Å². The van der Waals surface area contributed by atoms with Crippen molar-refractivity contribution in [2.45, 2.75) is 13.3 Å². The lowest BCUT2D eigenvalue weighted by atomic mass is 10.2. The molecule has 0 aliphatic carbocycles. The Morgan fingerprint density at radius 2 is 2.14 bits per heavy atom. The van der Waals surface area contributed by atoms with Gasteiger partial charge < -0.3 is 5.32 Å². The van der Waals surface area contributed by atoms with E-state index in [1.807, 2.05) is 13.0 Å². The Balaban J connectivity index is 1.71. The molecule has 1 aliphatic heterocycles. The predicted octanol–water partition coefficient (Wildman–Crippen LogP) is 3.11. The summed E-state index contributed by atoms with van der Waals surface area (Å²) in [6.07, 6.45) is 3.97. The van der Waals surface area contributed by atoms with Crippen molar-refractivity contribution in [3.8, 4) is 6.07 Å². The first kappa shape index (κ1) is 19.9. The maximum atomic E-state index is 12.7. The number of carbonyl (C=O) groups is 1. The van der Waals surface area contributed by atoms with Gasteiger partial charge in [-0.3, -0.25) is 14.5 Å². The first-order valence-corrected chi connectivity index (χ1v) is 9.46. The average Bonchev–Trinajstić information content (AvgIpc) is 3.26. The number of hydrogen-bond donors (Lipinski definition) is 1. The highest BCUT2D eigenvalue weighted by Crippen LogP contribution is 2.21. The van der Waals surface area contributed by atoms with E-state index in [0.29, 0.717) is 34.6 Å². The van der Waals surface area contributed by atoms with Crippen LogP contribution in [0.4, 0.5) is 5.69 Å². The van der Waals surface area contributed by atoms with Gasteiger partial charge in [-0.15, -0.1) is 0 Å². The van der Waals surface area contributed by atoms with E-state index >= 15 is 0 Å². The lowest BCUT2D eigenvalue weighted by molar-refractivity contribution is -0.133. The number of carbonyl (C=O) groups excluding carboxylic acids is 1. The van der Waals surface area contributed by atoms with E-state index in [1.165, 1.54) is 6.08 Å². The number of nitriles is 1. The molecule has 1 N–H and O–H groups in total. The first-order chi connectivity index (χ1) is 13.4. The zero-order chi connectivity index (χ0) is 20.3. The molecule has 3 rings (SSSR count). The summed E-state index contributed by atoms with van der Waals surface area (Å²) in [7, 11) is 1.75. The van der Waals surface area contributed by atoms with Crippen LogP contribution < -0.4 is 5.32 Å². The van der Waals surface area contributed by atoms with Gasteiger partial charge in [-0.2, -0.15) is 10.4 Å². The van der Waals surface area contributed by atoms with Crippen LogP contribution in [0, 0.1) is 18.3 Å². The van der Waals surface area contributed by atoms with Crippen LogP contribution in [0.15, 0.2) is 30.3 Å². The van der Waals surface area contributed by atoms with Crippen molar-refractivity contribution in [3.05, 3.63) is 52.3 Å². The molecule has 1 aromatic heterocycles. The van der Waals surface area contributed by atoms with E-state index in [4.69, 9.17) is 29.1 Å². The maximum absolute atomic E-state index is 12.7. The lowest BCUT2D eigenvalue weighted by Crippen LogP contribution is -2.46. The number of amides is 1. The molecule has 1 saturated heterocycles. The van der Waals surface area contributed by atoms with Crippen LogP contribution in [0.3, 0.4) is 0 Å². The Kier molecular flexibility index (Phi) is 5.97. The topological polar surface area (TPSA) is 77.2 Å². The van der Waals surface area contributed by atoms with Crippen molar-refractivity contribution >= 4 is 46.6 Å². The largest absolute Gasteiger partial charge is 0.331 e.